The van der Waals surface area contributed by atoms with E-state index in [2.05, 4.69) is 5.32 Å². The van der Waals surface area contributed by atoms with Gasteiger partial charge in [-0.1, -0.05) is 72.8 Å². The van der Waals surface area contributed by atoms with Crippen molar-refractivity contribution in [2.45, 2.75) is 45.3 Å². The number of fused-ring (bicyclic) bond motifs is 1. The molecule has 0 aliphatic carbocycles. The SMILES string of the molecule is CC(=O)n1cc([C@@H]2C=C(C(=O)NCc3ccccc3)O[C@H](OCc3ccc(CO)cc3)C2)c2ccccc21. The molecule has 1 amide bonds. The molecule has 2 N–H and O–H groups in total. The number of carbonyl (C=O) groups excluding carboxylic acids is 2. The number of nitrogens with one attached hydrogen (secondary N) is 1. The minimum atomic E-state index is -0.667. The molecule has 0 bridgehead atoms. The van der Waals surface area contributed by atoms with E-state index in [4.69, 9.17) is 9.47 Å². The largest absolute Gasteiger partial charge is 0.459 e. The third-order valence-corrected chi connectivity index (χ3v) is 6.70. The minimum Gasteiger partial charge on any atom is -0.459 e. The topological polar surface area (TPSA) is 89.8 Å². The predicted octanol–water partition coefficient (Wildman–Crippen LogP) is 5.04. The zero-order valence-electron chi connectivity index (χ0n) is 21.2. The Labute approximate surface area is 221 Å². The van der Waals surface area contributed by atoms with Crippen LogP contribution >= 0.6 is 0 Å². The maximum absolute atomic E-state index is 13.2. The summed E-state index contributed by atoms with van der Waals surface area (Å²) >= 11 is 0. The highest BCUT2D eigenvalue weighted by Gasteiger charge is 2.30. The Morgan fingerprint density at radius 3 is 2.42 bits per heavy atom. The molecule has 1 aromatic heterocycles. The number of hydrogen-bond acceptors (Lipinski definition) is 5. The summed E-state index contributed by atoms with van der Waals surface area (Å²) in [6.45, 7) is 2.18. The average Bonchev–Trinajstić information content (AvgIpc) is 3.36. The van der Waals surface area contributed by atoms with E-state index in [-0.39, 0.29) is 36.7 Å². The first-order valence-corrected chi connectivity index (χ1v) is 12.6. The third kappa shape index (κ3) is 5.69. The summed E-state index contributed by atoms with van der Waals surface area (Å²) in [6, 6.07) is 24.9. The van der Waals surface area contributed by atoms with E-state index in [1.54, 1.807) is 4.57 Å². The number of para-hydroxylation sites is 1. The van der Waals surface area contributed by atoms with Crippen molar-refractivity contribution in [2.24, 2.45) is 0 Å². The van der Waals surface area contributed by atoms with Crippen LogP contribution in [-0.2, 0) is 34.0 Å². The maximum Gasteiger partial charge on any atom is 0.286 e. The van der Waals surface area contributed by atoms with E-state index in [1.807, 2.05) is 91.1 Å². The number of allylic oxidation sites excluding steroid dienone is 1. The number of aliphatic hydroxyl groups excluding tert-OH is 1. The van der Waals surface area contributed by atoms with Gasteiger partial charge in [-0.15, -0.1) is 0 Å². The second-order valence-corrected chi connectivity index (χ2v) is 9.37. The van der Waals surface area contributed by atoms with Crippen LogP contribution in [0.4, 0.5) is 0 Å². The molecule has 1 aliphatic heterocycles. The van der Waals surface area contributed by atoms with Gasteiger partial charge in [-0.2, -0.15) is 0 Å². The summed E-state index contributed by atoms with van der Waals surface area (Å²) in [5, 5.41) is 13.2. The summed E-state index contributed by atoms with van der Waals surface area (Å²) in [6.07, 6.45) is 3.49. The Kier molecular flexibility index (Phi) is 7.67. The van der Waals surface area contributed by atoms with Crippen molar-refractivity contribution in [1.29, 1.82) is 0 Å². The average molecular weight is 511 g/mol. The van der Waals surface area contributed by atoms with Gasteiger partial charge in [0.05, 0.1) is 18.7 Å². The summed E-state index contributed by atoms with van der Waals surface area (Å²) in [5.74, 6) is -0.413. The van der Waals surface area contributed by atoms with E-state index in [0.717, 1.165) is 33.2 Å². The van der Waals surface area contributed by atoms with Crippen molar-refractivity contribution in [3.8, 4) is 0 Å². The van der Waals surface area contributed by atoms with Gasteiger partial charge in [0.2, 0.25) is 12.2 Å². The molecule has 2 atom stereocenters. The van der Waals surface area contributed by atoms with Crippen LogP contribution in [0.2, 0.25) is 0 Å². The minimum absolute atomic E-state index is 0.0192. The molecule has 38 heavy (non-hydrogen) atoms. The van der Waals surface area contributed by atoms with E-state index >= 15 is 0 Å². The van der Waals surface area contributed by atoms with Crippen molar-refractivity contribution in [2.75, 3.05) is 0 Å². The lowest BCUT2D eigenvalue weighted by Gasteiger charge is -2.29. The monoisotopic (exact) mass is 510 g/mol. The van der Waals surface area contributed by atoms with Crippen LogP contribution in [0.25, 0.3) is 10.9 Å². The van der Waals surface area contributed by atoms with Crippen LogP contribution in [-0.4, -0.2) is 27.8 Å². The summed E-state index contributed by atoms with van der Waals surface area (Å²) in [4.78, 5) is 25.5. The zero-order valence-corrected chi connectivity index (χ0v) is 21.2. The Bertz CT molecular complexity index is 1460. The number of ether oxygens (including phenoxy) is 2. The van der Waals surface area contributed by atoms with Gasteiger partial charge in [-0.25, -0.2) is 0 Å². The van der Waals surface area contributed by atoms with Gasteiger partial charge >= 0.3 is 0 Å². The van der Waals surface area contributed by atoms with Crippen LogP contribution in [0.3, 0.4) is 0 Å². The summed E-state index contributed by atoms with van der Waals surface area (Å²) in [5.41, 5.74) is 4.50. The molecule has 0 fully saturated rings. The van der Waals surface area contributed by atoms with Crippen molar-refractivity contribution in [1.82, 2.24) is 9.88 Å². The Morgan fingerprint density at radius 2 is 1.68 bits per heavy atom. The number of nitrogens with zero attached hydrogens (tertiary/aromatic N) is 1. The number of rotatable bonds is 8. The Morgan fingerprint density at radius 1 is 0.974 bits per heavy atom. The lowest BCUT2D eigenvalue weighted by atomic mass is 9.92. The van der Waals surface area contributed by atoms with Gasteiger partial charge < -0.3 is 19.9 Å². The predicted molar refractivity (Wildman–Crippen MR) is 144 cm³/mol. The van der Waals surface area contributed by atoms with E-state index in [1.165, 1.54) is 6.92 Å². The van der Waals surface area contributed by atoms with E-state index in [9.17, 15) is 14.7 Å². The van der Waals surface area contributed by atoms with Crippen molar-refractivity contribution in [3.63, 3.8) is 0 Å². The standard InChI is InChI=1S/C31H30N2O5/c1-21(35)33-18-27(26-9-5-6-10-28(26)33)25-15-29(31(36)32-17-22-7-3-2-4-8-22)38-30(16-25)37-20-24-13-11-23(19-34)12-14-24/h2-15,18,25,30,34H,16-17,19-20H2,1H3,(H,32,36)/t25-,30+/m1/s1. The second-order valence-electron chi connectivity index (χ2n) is 9.37. The first-order chi connectivity index (χ1) is 18.5. The lowest BCUT2D eigenvalue weighted by molar-refractivity contribution is -0.150. The smallest absolute Gasteiger partial charge is 0.286 e. The van der Waals surface area contributed by atoms with Gasteiger partial charge in [0.15, 0.2) is 5.76 Å². The maximum atomic E-state index is 13.2. The summed E-state index contributed by atoms with van der Waals surface area (Å²) < 4.78 is 13.8. The molecule has 0 unspecified atom stereocenters. The quantitative estimate of drug-likeness (QED) is 0.347. The molecule has 0 radical (unpaired) electrons. The molecule has 0 spiro atoms. The molecule has 1 aliphatic rings. The van der Waals surface area contributed by atoms with Crippen molar-refractivity contribution in [3.05, 3.63) is 119 Å². The van der Waals surface area contributed by atoms with Crippen LogP contribution in [0.15, 0.2) is 96.9 Å². The number of amides is 1. The van der Waals surface area contributed by atoms with Crippen LogP contribution < -0.4 is 5.32 Å². The fourth-order valence-electron chi connectivity index (χ4n) is 4.69. The fourth-order valence-corrected chi connectivity index (χ4v) is 4.69. The zero-order chi connectivity index (χ0) is 26.5. The van der Waals surface area contributed by atoms with Gasteiger partial charge in [-0.05, 0) is 34.4 Å². The molecule has 4 aromatic rings. The highest BCUT2D eigenvalue weighted by Crippen LogP contribution is 2.36. The number of carbonyl (C=O) groups is 2. The molecular weight excluding hydrogens is 480 g/mol. The molecule has 7 heteroatoms. The number of hydrogen-bond donors (Lipinski definition) is 2. The number of benzene rings is 3. The molecule has 0 saturated carbocycles. The first-order valence-electron chi connectivity index (χ1n) is 12.6. The Balaban J connectivity index is 1.41. The van der Waals surface area contributed by atoms with Crippen LogP contribution in [0.1, 0.15) is 46.3 Å². The summed E-state index contributed by atoms with van der Waals surface area (Å²) in [7, 11) is 0. The van der Waals surface area contributed by atoms with Crippen molar-refractivity contribution >= 4 is 22.7 Å². The normalized spacial score (nSPS) is 17.1. The molecule has 0 saturated heterocycles. The van der Waals surface area contributed by atoms with E-state index in [0.29, 0.717) is 13.0 Å². The van der Waals surface area contributed by atoms with Gasteiger partial charge in [0, 0.05) is 37.4 Å². The molecule has 7 nitrogen and oxygen atoms in total. The lowest BCUT2D eigenvalue weighted by Crippen LogP contribution is -2.32. The highest BCUT2D eigenvalue weighted by atomic mass is 16.7. The van der Waals surface area contributed by atoms with Crippen molar-refractivity contribution < 1.29 is 24.2 Å². The number of aliphatic hydroxyl groups is 1. The molecular formula is C31H30N2O5. The molecule has 194 valence electrons. The van der Waals surface area contributed by atoms with Crippen LogP contribution in [0, 0.1) is 0 Å². The number of aromatic nitrogens is 1. The van der Waals surface area contributed by atoms with Gasteiger partial charge in [-0.3, -0.25) is 14.2 Å². The van der Waals surface area contributed by atoms with Crippen LogP contribution in [0.5, 0.6) is 0 Å². The van der Waals surface area contributed by atoms with Gasteiger partial charge in [0.1, 0.15) is 0 Å². The molecule has 5 rings (SSSR count). The third-order valence-electron chi connectivity index (χ3n) is 6.70. The Hall–Kier alpha value is -4.20. The first kappa shape index (κ1) is 25.4. The highest BCUT2D eigenvalue weighted by molar-refractivity contribution is 5.95. The van der Waals surface area contributed by atoms with Gasteiger partial charge in [0.25, 0.3) is 5.91 Å². The molecule has 2 heterocycles. The molecule has 3 aromatic carbocycles. The second kappa shape index (κ2) is 11.5. The fraction of sp³-hybridized carbons (Fsp3) is 0.226. The van der Waals surface area contributed by atoms with E-state index < -0.39 is 6.29 Å².